The van der Waals surface area contributed by atoms with Crippen LogP contribution in [0.2, 0.25) is 0 Å². The van der Waals surface area contributed by atoms with Crippen LogP contribution >= 0.6 is 23.1 Å². The summed E-state index contributed by atoms with van der Waals surface area (Å²) in [5, 5.41) is 7.41. The van der Waals surface area contributed by atoms with Gasteiger partial charge < -0.3 is 9.84 Å². The molecule has 0 aliphatic carbocycles. The summed E-state index contributed by atoms with van der Waals surface area (Å²) in [6, 6.07) is 0.0502. The van der Waals surface area contributed by atoms with E-state index in [0.717, 1.165) is 37.5 Å². The summed E-state index contributed by atoms with van der Waals surface area (Å²) in [7, 11) is 0. The average molecular weight is 321 g/mol. The molecule has 0 aliphatic heterocycles. The standard InChI is InChI=1S/C13H15N5OS2/c1-6(9-7(2)18-19-8(9)3)16-11-10-12(15-5-14-11)17-13(20-4)21-10/h5-6H,1-4H3,(H,14,15,16). The van der Waals surface area contributed by atoms with Crippen LogP contribution in [0, 0.1) is 13.8 Å². The topological polar surface area (TPSA) is 76.7 Å². The quantitative estimate of drug-likeness (QED) is 0.736. The van der Waals surface area contributed by atoms with Crippen molar-refractivity contribution in [2.24, 2.45) is 0 Å². The number of aryl methyl sites for hydroxylation is 2. The lowest BCUT2D eigenvalue weighted by atomic mass is 10.1. The fraction of sp³-hybridized carbons (Fsp3) is 0.385. The fourth-order valence-electron chi connectivity index (χ4n) is 2.31. The number of hydrogen-bond acceptors (Lipinski definition) is 8. The van der Waals surface area contributed by atoms with Crippen molar-refractivity contribution < 1.29 is 4.52 Å². The molecule has 0 fully saturated rings. The van der Waals surface area contributed by atoms with Crippen molar-refractivity contribution >= 4 is 39.3 Å². The van der Waals surface area contributed by atoms with E-state index < -0.39 is 0 Å². The highest BCUT2D eigenvalue weighted by molar-refractivity contribution is 8.00. The van der Waals surface area contributed by atoms with Gasteiger partial charge in [-0.2, -0.15) is 0 Å². The zero-order valence-electron chi connectivity index (χ0n) is 12.2. The summed E-state index contributed by atoms with van der Waals surface area (Å²) < 4.78 is 7.18. The molecular formula is C13H15N5OS2. The first-order valence-corrected chi connectivity index (χ1v) is 8.49. The predicted octanol–water partition coefficient (Wildman–Crippen LogP) is 3.59. The van der Waals surface area contributed by atoms with Crippen LogP contribution in [-0.2, 0) is 0 Å². The van der Waals surface area contributed by atoms with Crippen LogP contribution in [0.25, 0.3) is 10.3 Å². The maximum atomic E-state index is 5.23. The van der Waals surface area contributed by atoms with Crippen molar-refractivity contribution in [3.63, 3.8) is 0 Å². The molecule has 0 saturated carbocycles. The number of nitrogens with one attached hydrogen (secondary N) is 1. The van der Waals surface area contributed by atoms with Gasteiger partial charge in [-0.15, -0.1) is 11.3 Å². The van der Waals surface area contributed by atoms with Gasteiger partial charge in [-0.3, -0.25) is 0 Å². The van der Waals surface area contributed by atoms with Gasteiger partial charge in [-0.05, 0) is 27.0 Å². The number of aromatic nitrogens is 4. The molecule has 3 heterocycles. The molecule has 1 atom stereocenters. The largest absolute Gasteiger partial charge is 0.362 e. The monoisotopic (exact) mass is 321 g/mol. The Morgan fingerprint density at radius 2 is 2.14 bits per heavy atom. The Labute approximate surface area is 130 Å². The molecule has 110 valence electrons. The number of hydrogen-bond donors (Lipinski definition) is 1. The number of thioether (sulfide) groups is 1. The minimum absolute atomic E-state index is 0.0502. The molecule has 6 nitrogen and oxygen atoms in total. The van der Waals surface area contributed by atoms with E-state index >= 15 is 0 Å². The molecule has 0 aliphatic rings. The molecule has 1 unspecified atom stereocenters. The Kier molecular flexibility index (Phi) is 3.81. The summed E-state index contributed by atoms with van der Waals surface area (Å²) in [4.78, 5) is 13.0. The van der Waals surface area contributed by atoms with Gasteiger partial charge >= 0.3 is 0 Å². The van der Waals surface area contributed by atoms with Crippen LogP contribution in [0.5, 0.6) is 0 Å². The van der Waals surface area contributed by atoms with Crippen molar-refractivity contribution in [2.75, 3.05) is 11.6 Å². The van der Waals surface area contributed by atoms with Gasteiger partial charge in [0.1, 0.15) is 22.6 Å². The molecule has 3 aromatic heterocycles. The van der Waals surface area contributed by atoms with E-state index in [1.54, 1.807) is 23.1 Å². The summed E-state index contributed by atoms with van der Waals surface area (Å²) in [5.74, 6) is 1.62. The second-order valence-electron chi connectivity index (χ2n) is 4.66. The number of nitrogens with zero attached hydrogens (tertiary/aromatic N) is 4. The Morgan fingerprint density at radius 1 is 1.33 bits per heavy atom. The van der Waals surface area contributed by atoms with Crippen LogP contribution in [0.1, 0.15) is 30.0 Å². The Bertz CT molecular complexity index is 763. The van der Waals surface area contributed by atoms with E-state index in [2.05, 4.69) is 32.3 Å². The SMILES string of the molecule is CSc1nc2ncnc(NC(C)c3c(C)noc3C)c2s1. The van der Waals surface area contributed by atoms with Crippen molar-refractivity contribution in [1.29, 1.82) is 0 Å². The van der Waals surface area contributed by atoms with Gasteiger partial charge in [0.15, 0.2) is 9.99 Å². The zero-order chi connectivity index (χ0) is 15.0. The van der Waals surface area contributed by atoms with Gasteiger partial charge in [0.2, 0.25) is 0 Å². The molecular weight excluding hydrogens is 306 g/mol. The maximum Gasteiger partial charge on any atom is 0.176 e. The first-order chi connectivity index (χ1) is 10.1. The molecule has 21 heavy (non-hydrogen) atoms. The number of thiazole rings is 1. The predicted molar refractivity (Wildman–Crippen MR) is 85.0 cm³/mol. The third-order valence-corrected chi connectivity index (χ3v) is 5.26. The van der Waals surface area contributed by atoms with Crippen LogP contribution in [0.15, 0.2) is 15.2 Å². The molecule has 0 amide bonds. The lowest BCUT2D eigenvalue weighted by Crippen LogP contribution is -2.09. The third kappa shape index (κ3) is 2.60. The van der Waals surface area contributed by atoms with Crippen LogP contribution in [-0.4, -0.2) is 26.4 Å². The zero-order valence-corrected chi connectivity index (χ0v) is 13.8. The molecule has 3 aromatic rings. The van der Waals surface area contributed by atoms with Crippen LogP contribution in [0.3, 0.4) is 0 Å². The molecule has 0 aromatic carbocycles. The second kappa shape index (κ2) is 5.61. The first kappa shape index (κ1) is 14.3. The van der Waals surface area contributed by atoms with Gasteiger partial charge in [-0.1, -0.05) is 16.9 Å². The molecule has 0 spiro atoms. The molecule has 3 rings (SSSR count). The van der Waals surface area contributed by atoms with E-state index in [1.807, 2.05) is 20.1 Å². The third-order valence-electron chi connectivity index (χ3n) is 3.22. The molecule has 8 heteroatoms. The molecule has 0 saturated heterocycles. The minimum atomic E-state index is 0.0502. The van der Waals surface area contributed by atoms with E-state index in [9.17, 15) is 0 Å². The van der Waals surface area contributed by atoms with Crippen molar-refractivity contribution in [3.8, 4) is 0 Å². The Balaban J connectivity index is 1.96. The summed E-state index contributed by atoms with van der Waals surface area (Å²) in [6.45, 7) is 5.93. The fourth-order valence-corrected chi connectivity index (χ4v) is 3.78. The highest BCUT2D eigenvalue weighted by atomic mass is 32.2. The Hall–Kier alpha value is -1.67. The summed E-state index contributed by atoms with van der Waals surface area (Å²) in [5.41, 5.74) is 2.69. The normalized spacial score (nSPS) is 12.8. The number of fused-ring (bicyclic) bond motifs is 1. The number of rotatable bonds is 4. The lowest BCUT2D eigenvalue weighted by Gasteiger charge is -2.14. The van der Waals surface area contributed by atoms with E-state index in [0.29, 0.717) is 0 Å². The second-order valence-corrected chi connectivity index (χ2v) is 6.72. The summed E-state index contributed by atoms with van der Waals surface area (Å²) >= 11 is 3.21. The molecule has 1 N–H and O–H groups in total. The first-order valence-electron chi connectivity index (χ1n) is 6.45. The van der Waals surface area contributed by atoms with E-state index in [1.165, 1.54) is 6.33 Å². The van der Waals surface area contributed by atoms with Crippen molar-refractivity contribution in [1.82, 2.24) is 20.1 Å². The molecule has 0 radical (unpaired) electrons. The maximum absolute atomic E-state index is 5.23. The highest BCUT2D eigenvalue weighted by Crippen LogP contribution is 2.33. The van der Waals surface area contributed by atoms with E-state index in [4.69, 9.17) is 4.52 Å². The summed E-state index contributed by atoms with van der Waals surface area (Å²) in [6.07, 6.45) is 3.54. The minimum Gasteiger partial charge on any atom is -0.362 e. The van der Waals surface area contributed by atoms with Crippen molar-refractivity contribution in [3.05, 3.63) is 23.3 Å². The van der Waals surface area contributed by atoms with E-state index in [-0.39, 0.29) is 6.04 Å². The van der Waals surface area contributed by atoms with Crippen molar-refractivity contribution in [2.45, 2.75) is 31.2 Å². The lowest BCUT2D eigenvalue weighted by molar-refractivity contribution is 0.392. The highest BCUT2D eigenvalue weighted by Gasteiger charge is 2.18. The van der Waals surface area contributed by atoms with Gasteiger partial charge in [0.05, 0.1) is 11.7 Å². The van der Waals surface area contributed by atoms with Crippen LogP contribution in [0.4, 0.5) is 5.82 Å². The average Bonchev–Trinajstić information content (AvgIpc) is 3.03. The van der Waals surface area contributed by atoms with Crippen LogP contribution < -0.4 is 5.32 Å². The Morgan fingerprint density at radius 3 is 2.81 bits per heavy atom. The van der Waals surface area contributed by atoms with Gasteiger partial charge in [0.25, 0.3) is 0 Å². The number of anilines is 1. The molecule has 0 bridgehead atoms. The van der Waals surface area contributed by atoms with Gasteiger partial charge in [-0.25, -0.2) is 15.0 Å². The smallest absolute Gasteiger partial charge is 0.176 e. The van der Waals surface area contributed by atoms with Gasteiger partial charge in [0, 0.05) is 5.56 Å².